The lowest BCUT2D eigenvalue weighted by Crippen LogP contribution is -2.46. The van der Waals surface area contributed by atoms with Gasteiger partial charge in [0.05, 0.1) is 12.6 Å². The Kier molecular flexibility index (Phi) is 8.33. The molecule has 1 aromatic heterocycles. The first kappa shape index (κ1) is 24.0. The van der Waals surface area contributed by atoms with E-state index in [-0.39, 0.29) is 24.6 Å². The van der Waals surface area contributed by atoms with E-state index in [1.54, 1.807) is 16.2 Å². The lowest BCUT2D eigenvalue weighted by Gasteiger charge is -2.29. The Labute approximate surface area is 205 Å². The molecule has 0 saturated carbocycles. The lowest BCUT2D eigenvalue weighted by molar-refractivity contribution is -0.133. The summed E-state index contributed by atoms with van der Waals surface area (Å²) in [4.78, 5) is 31.3. The molecule has 0 bridgehead atoms. The van der Waals surface area contributed by atoms with E-state index in [2.05, 4.69) is 5.32 Å². The van der Waals surface area contributed by atoms with Crippen molar-refractivity contribution in [2.45, 2.75) is 39.0 Å². The second-order valence-corrected chi connectivity index (χ2v) is 9.66. The van der Waals surface area contributed by atoms with Gasteiger partial charge in [0.2, 0.25) is 5.91 Å². The highest BCUT2D eigenvalue weighted by atomic mass is 32.1. The molecule has 1 saturated heterocycles. The summed E-state index contributed by atoms with van der Waals surface area (Å²) in [5.74, 6) is -0.0886. The van der Waals surface area contributed by atoms with E-state index in [0.717, 1.165) is 28.8 Å². The molecule has 1 fully saturated rings. The lowest BCUT2D eigenvalue weighted by atomic mass is 10.2. The molecule has 0 radical (unpaired) electrons. The summed E-state index contributed by atoms with van der Waals surface area (Å²) in [7, 11) is 0. The number of carbonyl (C=O) groups is 2. The largest absolute Gasteiger partial charge is 0.376 e. The number of hydrogen-bond acceptors (Lipinski definition) is 4. The van der Waals surface area contributed by atoms with Gasteiger partial charge in [-0.25, -0.2) is 4.79 Å². The van der Waals surface area contributed by atoms with Gasteiger partial charge in [-0.3, -0.25) is 4.79 Å². The maximum atomic E-state index is 13.5. The molecule has 3 aromatic rings. The maximum Gasteiger partial charge on any atom is 0.322 e. The van der Waals surface area contributed by atoms with Crippen LogP contribution in [0.4, 0.5) is 10.5 Å². The number of nitrogens with zero attached hydrogens (tertiary/aromatic N) is 2. The number of anilines is 1. The Hall–Kier alpha value is -3.16. The summed E-state index contributed by atoms with van der Waals surface area (Å²) in [6.45, 7) is 4.09. The fourth-order valence-electron chi connectivity index (χ4n) is 3.98. The topological polar surface area (TPSA) is 61.9 Å². The van der Waals surface area contributed by atoms with Gasteiger partial charge in [0.1, 0.15) is 6.54 Å². The highest BCUT2D eigenvalue weighted by molar-refractivity contribution is 7.09. The van der Waals surface area contributed by atoms with Crippen molar-refractivity contribution in [1.82, 2.24) is 9.80 Å². The Bertz CT molecular complexity index is 1050. The zero-order valence-electron chi connectivity index (χ0n) is 19.5. The van der Waals surface area contributed by atoms with Gasteiger partial charge in [-0.15, -0.1) is 11.3 Å². The van der Waals surface area contributed by atoms with E-state index in [4.69, 9.17) is 4.74 Å². The Balaban J connectivity index is 1.49. The molecule has 34 heavy (non-hydrogen) atoms. The fourth-order valence-corrected chi connectivity index (χ4v) is 4.70. The van der Waals surface area contributed by atoms with Crippen LogP contribution in [0.3, 0.4) is 0 Å². The normalized spacial score (nSPS) is 15.1. The highest BCUT2D eigenvalue weighted by Gasteiger charge is 2.26. The van der Waals surface area contributed by atoms with Crippen molar-refractivity contribution in [2.75, 3.05) is 25.0 Å². The van der Waals surface area contributed by atoms with Crippen molar-refractivity contribution < 1.29 is 14.3 Å². The minimum Gasteiger partial charge on any atom is -0.376 e. The van der Waals surface area contributed by atoms with E-state index in [1.807, 2.05) is 83.9 Å². The number of nitrogens with one attached hydrogen (secondary N) is 1. The van der Waals surface area contributed by atoms with Crippen LogP contribution in [0.15, 0.2) is 72.1 Å². The Morgan fingerprint density at radius 2 is 1.79 bits per heavy atom. The van der Waals surface area contributed by atoms with E-state index in [1.165, 1.54) is 0 Å². The second-order valence-electron chi connectivity index (χ2n) is 8.63. The molecular formula is C27H31N3O3S. The van der Waals surface area contributed by atoms with E-state index in [9.17, 15) is 9.59 Å². The average Bonchev–Trinajstić information content (AvgIpc) is 3.55. The van der Waals surface area contributed by atoms with Crippen LogP contribution in [0.25, 0.3) is 0 Å². The van der Waals surface area contributed by atoms with Crippen LogP contribution in [0.5, 0.6) is 0 Å². The molecule has 1 unspecified atom stereocenters. The predicted molar refractivity (Wildman–Crippen MR) is 136 cm³/mol. The molecule has 4 rings (SSSR count). The molecule has 3 amide bonds. The summed E-state index contributed by atoms with van der Waals surface area (Å²) < 4.78 is 5.78. The zero-order chi connectivity index (χ0) is 23.8. The third kappa shape index (κ3) is 6.92. The third-order valence-electron chi connectivity index (χ3n) is 5.86. The molecule has 1 aliphatic heterocycles. The van der Waals surface area contributed by atoms with Crippen LogP contribution in [0.1, 0.15) is 28.8 Å². The molecule has 0 spiro atoms. The number of amides is 3. The van der Waals surface area contributed by atoms with Crippen molar-refractivity contribution in [3.63, 3.8) is 0 Å². The molecule has 7 heteroatoms. The molecule has 6 nitrogen and oxygen atoms in total. The number of hydrogen-bond donors (Lipinski definition) is 1. The second kappa shape index (κ2) is 11.8. The van der Waals surface area contributed by atoms with Gasteiger partial charge in [-0.05, 0) is 48.9 Å². The van der Waals surface area contributed by atoms with E-state index >= 15 is 0 Å². The van der Waals surface area contributed by atoms with Gasteiger partial charge < -0.3 is 19.9 Å². The number of carbonyl (C=O) groups excluding carboxylic acids is 2. The van der Waals surface area contributed by atoms with Crippen LogP contribution in [0, 0.1) is 6.92 Å². The van der Waals surface area contributed by atoms with Gasteiger partial charge in [0, 0.05) is 30.3 Å². The summed E-state index contributed by atoms with van der Waals surface area (Å²) in [6.07, 6.45) is 1.83. The number of aryl methyl sites for hydroxylation is 1. The standard InChI is InChI=1S/C27H31N3O3S/c1-21-11-13-23(14-12-21)28-27(32)30(18-24-9-5-15-33-24)20-26(31)29(19-25-10-6-16-34-25)17-22-7-3-2-4-8-22/h2-4,6-8,10-14,16,24H,5,9,15,17-20H2,1H3,(H,28,32). The van der Waals surface area contributed by atoms with Crippen molar-refractivity contribution in [1.29, 1.82) is 0 Å². The summed E-state index contributed by atoms with van der Waals surface area (Å²) in [6, 6.07) is 21.3. The summed E-state index contributed by atoms with van der Waals surface area (Å²) in [5.41, 5.74) is 2.89. The van der Waals surface area contributed by atoms with Gasteiger partial charge >= 0.3 is 6.03 Å². The number of ether oxygens (including phenoxy) is 1. The molecule has 1 aliphatic rings. The molecule has 2 aromatic carbocycles. The smallest absolute Gasteiger partial charge is 0.322 e. The number of urea groups is 1. The first-order valence-electron chi connectivity index (χ1n) is 11.6. The molecular weight excluding hydrogens is 446 g/mol. The number of thiophene rings is 1. The monoisotopic (exact) mass is 477 g/mol. The minimum absolute atomic E-state index is 0.00420. The predicted octanol–water partition coefficient (Wildman–Crippen LogP) is 5.30. The third-order valence-corrected chi connectivity index (χ3v) is 6.72. The quantitative estimate of drug-likeness (QED) is 0.455. The van der Waals surface area contributed by atoms with Gasteiger partial charge in [0.25, 0.3) is 0 Å². The van der Waals surface area contributed by atoms with Crippen molar-refractivity contribution in [3.05, 3.63) is 88.1 Å². The molecule has 1 N–H and O–H groups in total. The van der Waals surface area contributed by atoms with Crippen molar-refractivity contribution >= 4 is 29.0 Å². The van der Waals surface area contributed by atoms with Gasteiger partial charge in [-0.2, -0.15) is 0 Å². The maximum absolute atomic E-state index is 13.5. The molecule has 1 atom stereocenters. The minimum atomic E-state index is -0.288. The molecule has 178 valence electrons. The fraction of sp³-hybridized carbons (Fsp3) is 0.333. The van der Waals surface area contributed by atoms with Crippen LogP contribution in [-0.2, 0) is 22.6 Å². The zero-order valence-corrected chi connectivity index (χ0v) is 20.3. The molecule has 2 heterocycles. The SMILES string of the molecule is Cc1ccc(NC(=O)N(CC(=O)N(Cc2ccccc2)Cc2cccs2)CC2CCCO2)cc1. The Morgan fingerprint density at radius 1 is 1.00 bits per heavy atom. The Morgan fingerprint density at radius 3 is 2.47 bits per heavy atom. The van der Waals surface area contributed by atoms with Crippen LogP contribution >= 0.6 is 11.3 Å². The van der Waals surface area contributed by atoms with Gasteiger partial charge in [-0.1, -0.05) is 54.1 Å². The van der Waals surface area contributed by atoms with Crippen molar-refractivity contribution in [3.8, 4) is 0 Å². The highest BCUT2D eigenvalue weighted by Crippen LogP contribution is 2.18. The van der Waals surface area contributed by atoms with Crippen LogP contribution < -0.4 is 5.32 Å². The number of benzene rings is 2. The summed E-state index contributed by atoms with van der Waals surface area (Å²) in [5, 5.41) is 4.96. The van der Waals surface area contributed by atoms with Crippen LogP contribution in [0.2, 0.25) is 0 Å². The first-order chi connectivity index (χ1) is 16.6. The van der Waals surface area contributed by atoms with Crippen molar-refractivity contribution in [2.24, 2.45) is 0 Å². The first-order valence-corrected chi connectivity index (χ1v) is 12.5. The van der Waals surface area contributed by atoms with E-state index in [0.29, 0.717) is 31.9 Å². The summed E-state index contributed by atoms with van der Waals surface area (Å²) >= 11 is 1.63. The van der Waals surface area contributed by atoms with Gasteiger partial charge in [0.15, 0.2) is 0 Å². The molecule has 0 aliphatic carbocycles. The average molecular weight is 478 g/mol. The van der Waals surface area contributed by atoms with E-state index < -0.39 is 0 Å². The number of rotatable bonds is 9. The van der Waals surface area contributed by atoms with Crippen LogP contribution in [-0.4, -0.2) is 47.5 Å².